The Balaban J connectivity index is 1.37. The third-order valence-corrected chi connectivity index (χ3v) is 7.20. The molecule has 1 aromatic carbocycles. The Morgan fingerprint density at radius 1 is 1.25 bits per heavy atom. The Morgan fingerprint density at radius 3 is 2.64 bits per heavy atom. The summed E-state index contributed by atoms with van der Waals surface area (Å²) in [6.45, 7) is 4.77. The topological polar surface area (TPSA) is 49.5 Å². The highest BCUT2D eigenvalue weighted by atomic mass is 32.2. The van der Waals surface area contributed by atoms with E-state index in [2.05, 4.69) is 35.4 Å². The van der Waals surface area contributed by atoms with Crippen LogP contribution in [0.4, 0.5) is 0 Å². The first-order valence-electron chi connectivity index (χ1n) is 9.68. The second-order valence-electron chi connectivity index (χ2n) is 7.32. The van der Waals surface area contributed by atoms with Gasteiger partial charge in [0.2, 0.25) is 5.89 Å². The van der Waals surface area contributed by atoms with E-state index in [1.54, 1.807) is 23.1 Å². The van der Waals surface area contributed by atoms with Crippen LogP contribution in [0.15, 0.2) is 51.1 Å². The lowest BCUT2D eigenvalue weighted by atomic mass is 9.90. The van der Waals surface area contributed by atoms with Crippen LogP contribution >= 0.6 is 23.1 Å². The van der Waals surface area contributed by atoms with E-state index in [0.717, 1.165) is 54.4 Å². The van der Waals surface area contributed by atoms with Crippen LogP contribution in [0.1, 0.15) is 35.3 Å². The van der Waals surface area contributed by atoms with Crippen molar-refractivity contribution in [3.05, 3.63) is 58.1 Å². The van der Waals surface area contributed by atoms with Crippen molar-refractivity contribution in [3.63, 3.8) is 0 Å². The molecule has 1 unspecified atom stereocenters. The van der Waals surface area contributed by atoms with Crippen molar-refractivity contribution in [2.24, 2.45) is 5.92 Å². The Morgan fingerprint density at radius 2 is 2.00 bits per heavy atom. The molecule has 1 aliphatic heterocycles. The van der Waals surface area contributed by atoms with Crippen LogP contribution in [0.25, 0.3) is 11.5 Å². The number of aromatic nitrogens is 1. The monoisotopic (exact) mass is 414 g/mol. The Labute approximate surface area is 174 Å². The zero-order valence-electron chi connectivity index (χ0n) is 16.3. The van der Waals surface area contributed by atoms with Crippen molar-refractivity contribution in [1.82, 2.24) is 9.88 Å². The number of aliphatic hydroxyl groups excluding tert-OH is 1. The molecule has 4 nitrogen and oxygen atoms in total. The molecule has 148 valence electrons. The maximum atomic E-state index is 10.6. The van der Waals surface area contributed by atoms with Crippen LogP contribution in [0.3, 0.4) is 0 Å². The fraction of sp³-hybridized carbons (Fsp3) is 0.409. The van der Waals surface area contributed by atoms with Crippen LogP contribution in [0.5, 0.6) is 0 Å². The van der Waals surface area contributed by atoms with E-state index >= 15 is 0 Å². The summed E-state index contributed by atoms with van der Waals surface area (Å²) in [6.07, 6.45) is 3.77. The van der Waals surface area contributed by atoms with Gasteiger partial charge in [-0.1, -0.05) is 6.07 Å². The molecule has 6 heteroatoms. The summed E-state index contributed by atoms with van der Waals surface area (Å²) in [5, 5.41) is 12.6. The number of thiophene rings is 1. The second kappa shape index (κ2) is 8.82. The number of likely N-dealkylation sites (tertiary alicyclic amines) is 1. The maximum Gasteiger partial charge on any atom is 0.226 e. The van der Waals surface area contributed by atoms with Crippen LogP contribution in [-0.2, 0) is 6.54 Å². The van der Waals surface area contributed by atoms with Crippen molar-refractivity contribution in [3.8, 4) is 11.5 Å². The molecule has 1 aliphatic rings. The number of aryl methyl sites for hydroxylation is 1. The summed E-state index contributed by atoms with van der Waals surface area (Å²) in [7, 11) is 0. The van der Waals surface area contributed by atoms with Gasteiger partial charge >= 0.3 is 0 Å². The molecule has 3 heterocycles. The molecule has 0 aliphatic carbocycles. The zero-order chi connectivity index (χ0) is 19.5. The average molecular weight is 415 g/mol. The Hall–Kier alpha value is -1.60. The number of nitrogens with zero attached hydrogens (tertiary/aromatic N) is 2. The van der Waals surface area contributed by atoms with E-state index in [1.807, 2.05) is 24.4 Å². The Kier molecular flexibility index (Phi) is 6.21. The number of aliphatic hydroxyl groups is 1. The maximum absolute atomic E-state index is 10.6. The first-order valence-corrected chi connectivity index (χ1v) is 11.8. The fourth-order valence-corrected chi connectivity index (χ4v) is 4.97. The van der Waals surface area contributed by atoms with Gasteiger partial charge in [-0.3, -0.25) is 4.90 Å². The molecule has 0 radical (unpaired) electrons. The molecule has 0 amide bonds. The zero-order valence-corrected chi connectivity index (χ0v) is 17.9. The molecule has 3 aromatic rings. The number of piperidine rings is 1. The van der Waals surface area contributed by atoms with Gasteiger partial charge in [0.15, 0.2) is 0 Å². The van der Waals surface area contributed by atoms with Crippen LogP contribution in [0.2, 0.25) is 0 Å². The van der Waals surface area contributed by atoms with Gasteiger partial charge in [-0.25, -0.2) is 4.98 Å². The predicted octanol–water partition coefficient (Wildman–Crippen LogP) is 5.38. The van der Waals surface area contributed by atoms with Crippen molar-refractivity contribution in [2.45, 2.75) is 37.3 Å². The van der Waals surface area contributed by atoms with Crippen molar-refractivity contribution in [2.75, 3.05) is 19.3 Å². The SMILES string of the molecule is CSc1ccc(-c2nc(CN3CCC(C(O)c4cccs4)CC3)c(C)o2)cc1. The highest BCUT2D eigenvalue weighted by Gasteiger charge is 2.27. The van der Waals surface area contributed by atoms with Gasteiger partial charge in [-0.15, -0.1) is 23.1 Å². The van der Waals surface area contributed by atoms with Gasteiger partial charge < -0.3 is 9.52 Å². The lowest BCUT2D eigenvalue weighted by Crippen LogP contribution is -2.35. The number of rotatable bonds is 6. The largest absolute Gasteiger partial charge is 0.441 e. The Bertz CT molecular complexity index is 882. The first kappa shape index (κ1) is 19.7. The quantitative estimate of drug-likeness (QED) is 0.549. The average Bonchev–Trinajstić information content (AvgIpc) is 3.39. The minimum Gasteiger partial charge on any atom is -0.441 e. The normalized spacial score (nSPS) is 17.1. The molecular formula is C22H26N2O2S2. The molecule has 1 N–H and O–H groups in total. The standard InChI is InChI=1S/C22H26N2O2S2/c1-15-19(23-22(26-15)17-5-7-18(27-2)8-6-17)14-24-11-9-16(10-12-24)21(25)20-4-3-13-28-20/h3-8,13,16,21,25H,9-12,14H2,1-2H3. The van der Waals surface area contributed by atoms with E-state index < -0.39 is 0 Å². The van der Waals surface area contributed by atoms with Gasteiger partial charge in [-0.05, 0) is 80.7 Å². The second-order valence-corrected chi connectivity index (χ2v) is 9.18. The van der Waals surface area contributed by atoms with Crippen molar-refractivity contribution in [1.29, 1.82) is 0 Å². The van der Waals surface area contributed by atoms with Gasteiger partial charge in [0.1, 0.15) is 5.76 Å². The molecule has 0 spiro atoms. The van der Waals surface area contributed by atoms with Crippen LogP contribution in [-0.4, -0.2) is 34.3 Å². The summed E-state index contributed by atoms with van der Waals surface area (Å²) in [5.41, 5.74) is 2.03. The third-order valence-electron chi connectivity index (χ3n) is 5.52. The lowest BCUT2D eigenvalue weighted by molar-refractivity contribution is 0.0586. The number of oxazole rings is 1. The van der Waals surface area contributed by atoms with Gasteiger partial charge in [0.05, 0.1) is 11.8 Å². The van der Waals surface area contributed by atoms with Gasteiger partial charge in [-0.2, -0.15) is 0 Å². The molecular weight excluding hydrogens is 388 g/mol. The molecule has 28 heavy (non-hydrogen) atoms. The van der Waals surface area contributed by atoms with Gasteiger partial charge in [0.25, 0.3) is 0 Å². The van der Waals surface area contributed by atoms with E-state index in [-0.39, 0.29) is 6.10 Å². The number of hydrogen-bond acceptors (Lipinski definition) is 6. The van der Waals surface area contributed by atoms with Crippen molar-refractivity contribution < 1.29 is 9.52 Å². The molecule has 0 bridgehead atoms. The number of thioether (sulfide) groups is 1. The molecule has 1 saturated heterocycles. The summed E-state index contributed by atoms with van der Waals surface area (Å²) >= 11 is 3.38. The smallest absolute Gasteiger partial charge is 0.226 e. The summed E-state index contributed by atoms with van der Waals surface area (Å²) < 4.78 is 5.94. The van der Waals surface area contributed by atoms with Crippen LogP contribution < -0.4 is 0 Å². The van der Waals surface area contributed by atoms with E-state index in [0.29, 0.717) is 11.8 Å². The summed E-state index contributed by atoms with van der Waals surface area (Å²) in [5.74, 6) is 1.94. The first-order chi connectivity index (χ1) is 13.6. The molecule has 0 saturated carbocycles. The van der Waals surface area contributed by atoms with E-state index in [9.17, 15) is 5.11 Å². The third kappa shape index (κ3) is 4.35. The van der Waals surface area contributed by atoms with Crippen LogP contribution in [0, 0.1) is 12.8 Å². The minimum absolute atomic E-state index is 0.327. The van der Waals surface area contributed by atoms with Gasteiger partial charge in [0, 0.05) is 21.9 Å². The van der Waals surface area contributed by atoms with E-state index in [1.165, 1.54) is 4.90 Å². The molecule has 1 fully saturated rings. The minimum atomic E-state index is -0.327. The molecule has 4 rings (SSSR count). The summed E-state index contributed by atoms with van der Waals surface area (Å²) in [4.78, 5) is 9.50. The highest BCUT2D eigenvalue weighted by Crippen LogP contribution is 2.33. The number of benzene rings is 1. The number of hydrogen-bond donors (Lipinski definition) is 1. The summed E-state index contributed by atoms with van der Waals surface area (Å²) in [6, 6.07) is 12.4. The van der Waals surface area contributed by atoms with Crippen molar-refractivity contribution >= 4 is 23.1 Å². The molecule has 2 aromatic heterocycles. The highest BCUT2D eigenvalue weighted by molar-refractivity contribution is 7.98. The van der Waals surface area contributed by atoms with E-state index in [4.69, 9.17) is 9.40 Å². The predicted molar refractivity (Wildman–Crippen MR) is 116 cm³/mol. The molecule has 1 atom stereocenters. The lowest BCUT2D eigenvalue weighted by Gasteiger charge is -2.33. The fourth-order valence-electron chi connectivity index (χ4n) is 3.76.